The average molecular weight is 847 g/mol. The highest BCUT2D eigenvalue weighted by molar-refractivity contribution is 5.84. The van der Waals surface area contributed by atoms with Crippen LogP contribution in [0.3, 0.4) is 0 Å². The SMILES string of the molecule is CCCCCCCCCC(CCCCCCCC)OC(=O)CCCCCCCN(CCCCCCCC(=O)OCCC(CCCC)CCCC)CCCNC(=O)C1(C)CC1. The topological polar surface area (TPSA) is 84.9 Å². The molecule has 0 aromatic heterocycles. The molecule has 7 heteroatoms. The summed E-state index contributed by atoms with van der Waals surface area (Å²) in [7, 11) is 0. The van der Waals surface area contributed by atoms with Crippen LogP contribution in [0.1, 0.15) is 272 Å². The van der Waals surface area contributed by atoms with Crippen LogP contribution in [0.15, 0.2) is 0 Å². The summed E-state index contributed by atoms with van der Waals surface area (Å²) in [4.78, 5) is 40.3. The van der Waals surface area contributed by atoms with Gasteiger partial charge in [0.2, 0.25) is 5.91 Å². The Labute approximate surface area is 373 Å². The molecule has 354 valence electrons. The van der Waals surface area contributed by atoms with Crippen LogP contribution < -0.4 is 5.32 Å². The number of esters is 2. The molecule has 0 radical (unpaired) electrons. The number of amides is 1. The van der Waals surface area contributed by atoms with Gasteiger partial charge in [0.15, 0.2) is 0 Å². The second-order valence-corrected chi connectivity index (χ2v) is 19.3. The highest BCUT2D eigenvalue weighted by Crippen LogP contribution is 2.44. The van der Waals surface area contributed by atoms with E-state index in [0.29, 0.717) is 25.4 Å². The van der Waals surface area contributed by atoms with E-state index in [9.17, 15) is 14.4 Å². The van der Waals surface area contributed by atoms with Crippen molar-refractivity contribution in [2.75, 3.05) is 32.8 Å². The van der Waals surface area contributed by atoms with E-state index in [1.54, 1.807) is 0 Å². The molecule has 1 atom stereocenters. The van der Waals surface area contributed by atoms with Crippen LogP contribution in [0.2, 0.25) is 0 Å². The molecule has 0 aromatic carbocycles. The molecule has 0 aromatic rings. The molecule has 1 fully saturated rings. The summed E-state index contributed by atoms with van der Waals surface area (Å²) in [6.45, 7) is 15.7. The number of carbonyl (C=O) groups is 3. The third-order valence-corrected chi connectivity index (χ3v) is 13.2. The van der Waals surface area contributed by atoms with Gasteiger partial charge in [0.25, 0.3) is 0 Å². The van der Waals surface area contributed by atoms with E-state index in [-0.39, 0.29) is 29.4 Å². The van der Waals surface area contributed by atoms with E-state index >= 15 is 0 Å². The van der Waals surface area contributed by atoms with Crippen molar-refractivity contribution in [3.63, 3.8) is 0 Å². The third kappa shape index (κ3) is 33.9. The van der Waals surface area contributed by atoms with Gasteiger partial charge in [-0.3, -0.25) is 14.4 Å². The first-order valence-corrected chi connectivity index (χ1v) is 26.6. The zero-order valence-electron chi connectivity index (χ0n) is 40.8. The molecule has 0 saturated heterocycles. The summed E-state index contributed by atoms with van der Waals surface area (Å²) >= 11 is 0. The Morgan fingerprint density at radius 2 is 0.933 bits per heavy atom. The lowest BCUT2D eigenvalue weighted by Gasteiger charge is -2.23. The second kappa shape index (κ2) is 40.2. The van der Waals surface area contributed by atoms with Crippen molar-refractivity contribution in [2.45, 2.75) is 278 Å². The Hall–Kier alpha value is -1.63. The number of unbranched alkanes of at least 4 members (excludes halogenated alkanes) is 21. The molecule has 7 nitrogen and oxygen atoms in total. The Morgan fingerprint density at radius 1 is 0.500 bits per heavy atom. The van der Waals surface area contributed by atoms with Gasteiger partial charge < -0.3 is 19.7 Å². The van der Waals surface area contributed by atoms with E-state index < -0.39 is 0 Å². The van der Waals surface area contributed by atoms with Crippen molar-refractivity contribution in [3.8, 4) is 0 Å². The molecule has 1 unspecified atom stereocenters. The Morgan fingerprint density at radius 3 is 1.43 bits per heavy atom. The zero-order valence-corrected chi connectivity index (χ0v) is 40.8. The highest BCUT2D eigenvalue weighted by atomic mass is 16.5. The number of ether oxygens (including phenoxy) is 2. The standard InChI is InChI=1S/C53H102N2O5/c1-6-10-14-16-18-22-28-37-49(36-27-21-17-15-11-7-2)60-51(57)39-30-24-20-26-32-45-55(46-33-43-54-52(58)53(5)41-42-53)44-31-25-19-23-29-38-50(56)59-47-40-48(34-12-8-3)35-13-9-4/h48-49H,6-47H2,1-5H3,(H,54,58). The molecule has 60 heavy (non-hydrogen) atoms. The minimum Gasteiger partial charge on any atom is -0.466 e. The molecular weight excluding hydrogens is 745 g/mol. The lowest BCUT2D eigenvalue weighted by molar-refractivity contribution is -0.150. The Balaban J connectivity index is 2.34. The van der Waals surface area contributed by atoms with Crippen molar-refractivity contribution >= 4 is 17.8 Å². The minimum absolute atomic E-state index is 0.0184. The maximum atomic E-state index is 12.9. The second-order valence-electron chi connectivity index (χ2n) is 19.3. The van der Waals surface area contributed by atoms with Crippen LogP contribution in [-0.4, -0.2) is 61.6 Å². The summed E-state index contributed by atoms with van der Waals surface area (Å²) < 4.78 is 11.7. The molecule has 0 aliphatic heterocycles. The van der Waals surface area contributed by atoms with Gasteiger partial charge in [0.05, 0.1) is 6.61 Å². The van der Waals surface area contributed by atoms with Crippen LogP contribution in [-0.2, 0) is 23.9 Å². The normalized spacial score (nSPS) is 13.8. The van der Waals surface area contributed by atoms with E-state index in [1.165, 1.54) is 148 Å². The molecule has 0 bridgehead atoms. The smallest absolute Gasteiger partial charge is 0.306 e. The first kappa shape index (κ1) is 56.4. The summed E-state index contributed by atoms with van der Waals surface area (Å²) in [6.07, 6.45) is 42.7. The van der Waals surface area contributed by atoms with E-state index in [1.807, 2.05) is 0 Å². The monoisotopic (exact) mass is 847 g/mol. The molecule has 1 saturated carbocycles. The first-order valence-electron chi connectivity index (χ1n) is 26.6. The lowest BCUT2D eigenvalue weighted by atomic mass is 9.93. The third-order valence-electron chi connectivity index (χ3n) is 13.2. The maximum absolute atomic E-state index is 12.9. The number of hydrogen-bond acceptors (Lipinski definition) is 6. The van der Waals surface area contributed by atoms with Crippen molar-refractivity contribution in [1.29, 1.82) is 0 Å². The fourth-order valence-corrected chi connectivity index (χ4v) is 8.56. The average Bonchev–Trinajstić information content (AvgIpc) is 4.00. The van der Waals surface area contributed by atoms with Crippen LogP contribution >= 0.6 is 0 Å². The summed E-state index contributed by atoms with van der Waals surface area (Å²) in [5.41, 5.74) is -0.110. The van der Waals surface area contributed by atoms with Crippen LogP contribution in [0.5, 0.6) is 0 Å². The van der Waals surface area contributed by atoms with Crippen LogP contribution in [0.4, 0.5) is 0 Å². The molecule has 0 heterocycles. The van der Waals surface area contributed by atoms with Crippen LogP contribution in [0.25, 0.3) is 0 Å². The van der Waals surface area contributed by atoms with Gasteiger partial charge in [-0.1, -0.05) is 182 Å². The predicted molar refractivity (Wildman–Crippen MR) is 255 cm³/mol. The number of carbonyl (C=O) groups excluding carboxylic acids is 3. The molecular formula is C53H102N2O5. The van der Waals surface area contributed by atoms with Crippen molar-refractivity contribution in [1.82, 2.24) is 10.2 Å². The quantitative estimate of drug-likeness (QED) is 0.0485. The van der Waals surface area contributed by atoms with Gasteiger partial charge in [-0.2, -0.15) is 0 Å². The molecule has 0 spiro atoms. The van der Waals surface area contributed by atoms with Crippen molar-refractivity contribution < 1.29 is 23.9 Å². The van der Waals surface area contributed by atoms with Crippen molar-refractivity contribution in [3.05, 3.63) is 0 Å². The minimum atomic E-state index is -0.110. The van der Waals surface area contributed by atoms with Gasteiger partial charge in [-0.15, -0.1) is 0 Å². The number of nitrogens with zero attached hydrogens (tertiary/aromatic N) is 1. The van der Waals surface area contributed by atoms with Crippen LogP contribution in [0, 0.1) is 11.3 Å². The number of hydrogen-bond donors (Lipinski definition) is 1. The van der Waals surface area contributed by atoms with E-state index in [4.69, 9.17) is 9.47 Å². The summed E-state index contributed by atoms with van der Waals surface area (Å²) in [5.74, 6) is 0.930. The van der Waals surface area contributed by atoms with Crippen molar-refractivity contribution in [2.24, 2.45) is 11.3 Å². The van der Waals surface area contributed by atoms with E-state index in [0.717, 1.165) is 103 Å². The molecule has 1 rings (SSSR count). The number of rotatable bonds is 46. The molecule has 1 aliphatic carbocycles. The molecule has 1 aliphatic rings. The zero-order chi connectivity index (χ0) is 43.8. The highest BCUT2D eigenvalue weighted by Gasteiger charge is 2.44. The fourth-order valence-electron chi connectivity index (χ4n) is 8.56. The fraction of sp³-hybridized carbons (Fsp3) is 0.943. The Kier molecular flexibility index (Phi) is 37.7. The molecule has 1 N–H and O–H groups in total. The van der Waals surface area contributed by atoms with E-state index in [2.05, 4.69) is 44.8 Å². The first-order chi connectivity index (χ1) is 29.3. The lowest BCUT2D eigenvalue weighted by Crippen LogP contribution is -2.34. The van der Waals surface area contributed by atoms with Gasteiger partial charge in [0.1, 0.15) is 6.10 Å². The number of nitrogens with one attached hydrogen (secondary N) is 1. The largest absolute Gasteiger partial charge is 0.466 e. The van der Waals surface area contributed by atoms with Gasteiger partial charge in [-0.25, -0.2) is 0 Å². The Bertz CT molecular complexity index is 992. The maximum Gasteiger partial charge on any atom is 0.306 e. The van der Waals surface area contributed by atoms with Gasteiger partial charge in [0, 0.05) is 24.8 Å². The van der Waals surface area contributed by atoms with Gasteiger partial charge >= 0.3 is 11.9 Å². The summed E-state index contributed by atoms with van der Waals surface area (Å²) in [5, 5.41) is 3.18. The molecule has 1 amide bonds. The van der Waals surface area contributed by atoms with Gasteiger partial charge in [-0.05, 0) is 103 Å². The predicted octanol–water partition coefficient (Wildman–Crippen LogP) is 15.0. The summed E-state index contributed by atoms with van der Waals surface area (Å²) in [6, 6.07) is 0.